The van der Waals surface area contributed by atoms with E-state index in [1.165, 1.54) is 5.56 Å². The van der Waals surface area contributed by atoms with Crippen LogP contribution >= 0.6 is 0 Å². The number of methoxy groups -OCH3 is 1. The summed E-state index contributed by atoms with van der Waals surface area (Å²) in [7, 11) is 3.49. The Hall–Kier alpha value is -4.82. The summed E-state index contributed by atoms with van der Waals surface area (Å²) >= 11 is 0. The summed E-state index contributed by atoms with van der Waals surface area (Å²) in [6.45, 7) is 4.50. The molecule has 0 spiro atoms. The fraction of sp³-hybridized carbons (Fsp3) is 0.259. The molecule has 1 aliphatic rings. The Morgan fingerprint density at radius 1 is 0.921 bits per heavy atom. The highest BCUT2D eigenvalue weighted by molar-refractivity contribution is 5.83. The van der Waals surface area contributed by atoms with E-state index in [1.807, 2.05) is 50.0 Å². The van der Waals surface area contributed by atoms with E-state index in [4.69, 9.17) is 14.7 Å². The maximum absolute atomic E-state index is 9.66. The number of aromatic nitrogens is 7. The molecule has 38 heavy (non-hydrogen) atoms. The van der Waals surface area contributed by atoms with Crippen LogP contribution in [-0.4, -0.2) is 72.5 Å². The fourth-order valence-electron chi connectivity index (χ4n) is 4.72. The van der Waals surface area contributed by atoms with Crippen LogP contribution in [0.5, 0.6) is 5.88 Å². The number of ether oxygens (including phenoxy) is 1. The molecular formula is C27H26N10O. The van der Waals surface area contributed by atoms with Crippen molar-refractivity contribution >= 4 is 11.3 Å². The molecule has 5 aromatic heterocycles. The van der Waals surface area contributed by atoms with Gasteiger partial charge in [0.25, 0.3) is 0 Å². The molecule has 0 radical (unpaired) electrons. The lowest BCUT2D eigenvalue weighted by atomic mass is 10.1. The Morgan fingerprint density at radius 2 is 1.79 bits per heavy atom. The van der Waals surface area contributed by atoms with Crippen molar-refractivity contribution in [2.24, 2.45) is 7.05 Å². The maximum Gasteiger partial charge on any atom is 0.212 e. The predicted octanol–water partition coefficient (Wildman–Crippen LogP) is 2.79. The second-order valence-corrected chi connectivity index (χ2v) is 9.22. The average molecular weight is 507 g/mol. The van der Waals surface area contributed by atoms with Crippen LogP contribution in [0.3, 0.4) is 0 Å². The zero-order chi connectivity index (χ0) is 26.1. The molecular weight excluding hydrogens is 480 g/mol. The minimum Gasteiger partial charge on any atom is -0.481 e. The van der Waals surface area contributed by atoms with Gasteiger partial charge >= 0.3 is 0 Å². The molecule has 6 heterocycles. The van der Waals surface area contributed by atoms with Crippen LogP contribution in [0.4, 0.5) is 5.82 Å². The van der Waals surface area contributed by atoms with Gasteiger partial charge in [0.05, 0.1) is 37.1 Å². The molecule has 0 aliphatic carbocycles. The first-order valence-electron chi connectivity index (χ1n) is 12.3. The van der Waals surface area contributed by atoms with Gasteiger partial charge in [-0.2, -0.15) is 15.5 Å². The molecule has 0 bridgehead atoms. The van der Waals surface area contributed by atoms with Crippen LogP contribution < -0.4 is 9.64 Å². The third-order valence-electron chi connectivity index (χ3n) is 6.75. The van der Waals surface area contributed by atoms with Gasteiger partial charge < -0.3 is 9.64 Å². The van der Waals surface area contributed by atoms with Crippen molar-refractivity contribution in [1.29, 1.82) is 5.26 Å². The van der Waals surface area contributed by atoms with Gasteiger partial charge in [0.15, 0.2) is 0 Å². The molecule has 1 aliphatic heterocycles. The van der Waals surface area contributed by atoms with Gasteiger partial charge in [-0.3, -0.25) is 9.58 Å². The second-order valence-electron chi connectivity index (χ2n) is 9.22. The highest BCUT2D eigenvalue weighted by atomic mass is 16.5. The molecule has 11 nitrogen and oxygen atoms in total. The first-order valence-corrected chi connectivity index (χ1v) is 12.3. The lowest BCUT2D eigenvalue weighted by Crippen LogP contribution is -2.46. The van der Waals surface area contributed by atoms with E-state index in [2.05, 4.69) is 37.1 Å². The van der Waals surface area contributed by atoms with Gasteiger partial charge in [-0.15, -0.1) is 0 Å². The molecule has 1 saturated heterocycles. The summed E-state index contributed by atoms with van der Waals surface area (Å²) in [5.41, 5.74) is 5.39. The lowest BCUT2D eigenvalue weighted by Gasteiger charge is -2.35. The van der Waals surface area contributed by atoms with Crippen LogP contribution in [0, 0.1) is 11.3 Å². The number of fused-ring (bicyclic) bond motifs is 1. The molecule has 0 unspecified atom stereocenters. The molecule has 1 fully saturated rings. The molecule has 5 aromatic rings. The van der Waals surface area contributed by atoms with Crippen molar-refractivity contribution in [1.82, 2.24) is 39.2 Å². The van der Waals surface area contributed by atoms with Crippen LogP contribution in [0.1, 0.15) is 11.1 Å². The van der Waals surface area contributed by atoms with Crippen molar-refractivity contribution in [2.45, 2.75) is 6.54 Å². The van der Waals surface area contributed by atoms with E-state index in [0.29, 0.717) is 22.7 Å². The minimum atomic E-state index is 0.470. The van der Waals surface area contributed by atoms with Crippen LogP contribution in [0.15, 0.2) is 61.4 Å². The molecule has 0 atom stereocenters. The highest BCUT2D eigenvalue weighted by Gasteiger charge is 2.20. The Labute approximate surface area is 219 Å². The second kappa shape index (κ2) is 9.91. The smallest absolute Gasteiger partial charge is 0.212 e. The van der Waals surface area contributed by atoms with Crippen molar-refractivity contribution in [3.63, 3.8) is 0 Å². The molecule has 6 rings (SSSR count). The summed E-state index contributed by atoms with van der Waals surface area (Å²) in [6.07, 6.45) is 10.8. The third kappa shape index (κ3) is 4.53. The van der Waals surface area contributed by atoms with E-state index >= 15 is 0 Å². The predicted molar refractivity (Wildman–Crippen MR) is 141 cm³/mol. The van der Waals surface area contributed by atoms with Gasteiger partial charge in [0, 0.05) is 75.6 Å². The largest absolute Gasteiger partial charge is 0.481 e. The number of hydrogen-bond donors (Lipinski definition) is 0. The van der Waals surface area contributed by atoms with Crippen molar-refractivity contribution < 1.29 is 4.74 Å². The lowest BCUT2D eigenvalue weighted by molar-refractivity contribution is 0.249. The fourth-order valence-corrected chi connectivity index (χ4v) is 4.72. The maximum atomic E-state index is 9.66. The number of anilines is 1. The number of rotatable bonds is 6. The van der Waals surface area contributed by atoms with E-state index in [0.717, 1.165) is 55.4 Å². The van der Waals surface area contributed by atoms with E-state index in [1.54, 1.807) is 28.7 Å². The zero-order valence-corrected chi connectivity index (χ0v) is 21.2. The summed E-state index contributed by atoms with van der Waals surface area (Å²) < 4.78 is 8.58. The summed E-state index contributed by atoms with van der Waals surface area (Å²) in [5.74, 6) is 1.55. The normalized spacial score (nSPS) is 14.1. The molecule has 11 heteroatoms. The van der Waals surface area contributed by atoms with Gasteiger partial charge in [-0.25, -0.2) is 19.5 Å². The molecule has 0 amide bonds. The first-order chi connectivity index (χ1) is 18.6. The minimum absolute atomic E-state index is 0.470. The monoisotopic (exact) mass is 506 g/mol. The number of hydrogen-bond acceptors (Lipinski definition) is 9. The van der Waals surface area contributed by atoms with Gasteiger partial charge in [0.2, 0.25) is 5.88 Å². The molecule has 0 saturated carbocycles. The van der Waals surface area contributed by atoms with E-state index in [9.17, 15) is 5.26 Å². The van der Waals surface area contributed by atoms with Crippen molar-refractivity contribution in [3.8, 4) is 34.5 Å². The average Bonchev–Trinajstić information content (AvgIpc) is 3.59. The summed E-state index contributed by atoms with van der Waals surface area (Å²) in [4.78, 5) is 18.7. The summed E-state index contributed by atoms with van der Waals surface area (Å²) in [5, 5.41) is 18.3. The Kier molecular flexibility index (Phi) is 6.15. The first kappa shape index (κ1) is 23.6. The summed E-state index contributed by atoms with van der Waals surface area (Å²) in [6, 6.07) is 10.2. The standard InChI is InChI=1S/C27H26N10O/c1-34-17-22(15-31-34)23-18-37-27(21(11-28)14-32-37)26(33-23)20-4-5-24(29-13-20)36-9-7-35(8-10-36)16-19-3-6-25(38-2)30-12-19/h3-6,12-15,17-18H,7-10,16H2,1-2H3. The Bertz CT molecular complexity index is 1610. The van der Waals surface area contributed by atoms with Gasteiger partial charge in [-0.1, -0.05) is 6.07 Å². The number of nitriles is 1. The van der Waals surface area contributed by atoms with Crippen LogP contribution in [-0.2, 0) is 13.6 Å². The molecule has 190 valence electrons. The molecule has 0 aromatic carbocycles. The Balaban J connectivity index is 1.21. The van der Waals surface area contributed by atoms with Crippen molar-refractivity contribution in [3.05, 3.63) is 72.6 Å². The van der Waals surface area contributed by atoms with Crippen molar-refractivity contribution in [2.75, 3.05) is 38.2 Å². The van der Waals surface area contributed by atoms with E-state index < -0.39 is 0 Å². The SMILES string of the molecule is COc1ccc(CN2CCN(c3ccc(-c4nc(-c5cnn(C)c5)cn5ncc(C#N)c45)cn3)CC2)cn1. The quantitative estimate of drug-likeness (QED) is 0.343. The molecule has 0 N–H and O–H groups in total. The Morgan fingerprint density at radius 3 is 2.45 bits per heavy atom. The van der Waals surface area contributed by atoms with Crippen LogP contribution in [0.2, 0.25) is 0 Å². The van der Waals surface area contributed by atoms with Gasteiger partial charge in [0.1, 0.15) is 23.0 Å². The number of aryl methyl sites for hydroxylation is 1. The number of piperazine rings is 1. The highest BCUT2D eigenvalue weighted by Crippen LogP contribution is 2.29. The van der Waals surface area contributed by atoms with Gasteiger partial charge in [-0.05, 0) is 17.7 Å². The number of pyridine rings is 2. The zero-order valence-electron chi connectivity index (χ0n) is 21.2. The number of nitrogens with zero attached hydrogens (tertiary/aromatic N) is 10. The van der Waals surface area contributed by atoms with Crippen LogP contribution in [0.25, 0.3) is 28.0 Å². The topological polar surface area (TPSA) is 113 Å². The van der Waals surface area contributed by atoms with E-state index in [-0.39, 0.29) is 0 Å². The third-order valence-corrected chi connectivity index (χ3v) is 6.75.